The van der Waals surface area contributed by atoms with Crippen molar-refractivity contribution in [1.82, 2.24) is 19.3 Å². The monoisotopic (exact) mass is 431 g/mol. The van der Waals surface area contributed by atoms with Gasteiger partial charge in [-0.05, 0) is 50.8 Å². The second-order valence-electron chi connectivity index (χ2n) is 7.67. The molecule has 0 atom stereocenters. The average Bonchev–Trinajstić information content (AvgIpc) is 3.25. The van der Waals surface area contributed by atoms with Crippen molar-refractivity contribution < 1.29 is 4.79 Å². The van der Waals surface area contributed by atoms with Gasteiger partial charge in [-0.1, -0.05) is 36.0 Å². The minimum absolute atomic E-state index is 0.0669. The topological polar surface area (TPSA) is 53.7 Å². The molecule has 0 aliphatic rings. The number of carbonyl (C=O) groups is 1. The maximum Gasteiger partial charge on any atom is 0.250 e. The second kappa shape index (κ2) is 8.91. The number of aromatic nitrogens is 3. The predicted molar refractivity (Wildman–Crippen MR) is 127 cm³/mol. The Bertz CT molecular complexity index is 1280. The van der Waals surface area contributed by atoms with E-state index in [4.69, 9.17) is 4.98 Å². The molecule has 0 unspecified atom stereocenters. The summed E-state index contributed by atoms with van der Waals surface area (Å²) in [5, 5.41) is 0.906. The largest absolute Gasteiger partial charge is 0.312 e. The van der Waals surface area contributed by atoms with Crippen LogP contribution in [0.15, 0.2) is 77.1 Å². The summed E-state index contributed by atoms with van der Waals surface area (Å²) in [7, 11) is 5.72. The number of hydrogen-bond donors (Lipinski definition) is 0. The zero-order chi connectivity index (χ0) is 22.0. The van der Waals surface area contributed by atoms with Gasteiger partial charge in [-0.25, -0.2) is 9.97 Å². The fourth-order valence-corrected chi connectivity index (χ4v) is 4.26. The van der Waals surface area contributed by atoms with Crippen molar-refractivity contribution in [3.8, 4) is 0 Å². The lowest BCUT2D eigenvalue weighted by Gasteiger charge is -2.17. The molecule has 4 aromatic rings. The van der Waals surface area contributed by atoms with Crippen LogP contribution in [0.1, 0.15) is 5.56 Å². The third-order valence-electron chi connectivity index (χ3n) is 5.05. The number of rotatable bonds is 6. The molecule has 0 bridgehead atoms. The van der Waals surface area contributed by atoms with Crippen molar-refractivity contribution in [3.05, 3.63) is 72.7 Å². The minimum atomic E-state index is -0.0669. The van der Waals surface area contributed by atoms with E-state index in [0.717, 1.165) is 33.8 Å². The lowest BCUT2D eigenvalue weighted by atomic mass is 10.2. The molecule has 1 amide bonds. The molecule has 2 aromatic heterocycles. The summed E-state index contributed by atoms with van der Waals surface area (Å²) in [6, 6.07) is 14.1. The number of benzene rings is 2. The summed E-state index contributed by atoms with van der Waals surface area (Å²) in [5.41, 5.74) is 4.73. The van der Waals surface area contributed by atoms with Gasteiger partial charge in [0.1, 0.15) is 5.03 Å². The Morgan fingerprint density at radius 1 is 1.13 bits per heavy atom. The van der Waals surface area contributed by atoms with Crippen LogP contribution in [0.5, 0.6) is 0 Å². The third-order valence-corrected chi connectivity index (χ3v) is 6.22. The Kier molecular flexibility index (Phi) is 6.06. The SMILES string of the molecule is Cc1ccccc1Sc1nc2ccc(N(C)C(=O)/C=C/CN(C)C)cc2n2cncc12. The first-order valence-corrected chi connectivity index (χ1v) is 10.8. The van der Waals surface area contributed by atoms with E-state index in [2.05, 4.69) is 24.0 Å². The number of anilines is 1. The molecule has 31 heavy (non-hydrogen) atoms. The number of fused-ring (bicyclic) bond motifs is 3. The van der Waals surface area contributed by atoms with Gasteiger partial charge in [0, 0.05) is 30.3 Å². The molecule has 6 nitrogen and oxygen atoms in total. The van der Waals surface area contributed by atoms with Crippen LogP contribution in [0.4, 0.5) is 5.69 Å². The van der Waals surface area contributed by atoms with E-state index in [1.165, 1.54) is 10.5 Å². The smallest absolute Gasteiger partial charge is 0.250 e. The summed E-state index contributed by atoms with van der Waals surface area (Å²) in [6.07, 6.45) is 7.10. The van der Waals surface area contributed by atoms with Gasteiger partial charge in [0.25, 0.3) is 0 Å². The van der Waals surface area contributed by atoms with Gasteiger partial charge in [0.15, 0.2) is 0 Å². The number of imidazole rings is 1. The molecule has 0 fully saturated rings. The van der Waals surface area contributed by atoms with Gasteiger partial charge in [0.2, 0.25) is 5.91 Å². The van der Waals surface area contributed by atoms with Crippen molar-refractivity contribution >= 4 is 39.9 Å². The summed E-state index contributed by atoms with van der Waals surface area (Å²) in [5.74, 6) is -0.0669. The fourth-order valence-electron chi connectivity index (χ4n) is 3.27. The Hall–Kier alpha value is -3.16. The molecule has 4 rings (SSSR count). The molecule has 0 radical (unpaired) electrons. The first-order chi connectivity index (χ1) is 14.9. The second-order valence-corrected chi connectivity index (χ2v) is 8.70. The van der Waals surface area contributed by atoms with Gasteiger partial charge in [-0.2, -0.15) is 0 Å². The van der Waals surface area contributed by atoms with Gasteiger partial charge >= 0.3 is 0 Å². The van der Waals surface area contributed by atoms with Crippen LogP contribution in [0.2, 0.25) is 0 Å². The van der Waals surface area contributed by atoms with Gasteiger partial charge in [-0.15, -0.1) is 0 Å². The van der Waals surface area contributed by atoms with Gasteiger partial charge in [0.05, 0.1) is 29.1 Å². The van der Waals surface area contributed by atoms with Crippen LogP contribution in [0.25, 0.3) is 16.6 Å². The van der Waals surface area contributed by atoms with Crippen molar-refractivity contribution in [1.29, 1.82) is 0 Å². The van der Waals surface area contributed by atoms with Crippen molar-refractivity contribution in [2.24, 2.45) is 0 Å². The number of aryl methyl sites for hydroxylation is 1. The van der Waals surface area contributed by atoms with E-state index < -0.39 is 0 Å². The van der Waals surface area contributed by atoms with E-state index in [1.54, 1.807) is 36.1 Å². The van der Waals surface area contributed by atoms with Crippen molar-refractivity contribution in [2.45, 2.75) is 16.8 Å². The van der Waals surface area contributed by atoms with Crippen LogP contribution < -0.4 is 4.90 Å². The maximum atomic E-state index is 12.5. The number of hydrogen-bond acceptors (Lipinski definition) is 5. The van der Waals surface area contributed by atoms with Crippen LogP contribution in [-0.2, 0) is 4.79 Å². The molecular weight excluding hydrogens is 406 g/mol. The molecule has 0 aliphatic heterocycles. The molecule has 158 valence electrons. The predicted octanol–water partition coefficient (Wildman–Crippen LogP) is 4.42. The number of likely N-dealkylation sites (N-methyl/N-ethyl adjacent to an activating group) is 2. The molecule has 0 N–H and O–H groups in total. The zero-order valence-corrected chi connectivity index (χ0v) is 18.9. The summed E-state index contributed by atoms with van der Waals surface area (Å²) in [6.45, 7) is 2.82. The van der Waals surface area contributed by atoms with E-state index in [1.807, 2.05) is 66.0 Å². The molecular formula is C24H25N5OS. The summed E-state index contributed by atoms with van der Waals surface area (Å²) < 4.78 is 2.03. The fraction of sp³-hybridized carbons (Fsp3) is 0.208. The highest BCUT2D eigenvalue weighted by Gasteiger charge is 2.14. The van der Waals surface area contributed by atoms with Crippen molar-refractivity contribution in [3.63, 3.8) is 0 Å². The van der Waals surface area contributed by atoms with E-state index in [0.29, 0.717) is 0 Å². The minimum Gasteiger partial charge on any atom is -0.312 e. The normalized spacial score (nSPS) is 11.8. The number of carbonyl (C=O) groups excluding carboxylic acids is 1. The first-order valence-electron chi connectivity index (χ1n) is 10.0. The Balaban J connectivity index is 1.70. The summed E-state index contributed by atoms with van der Waals surface area (Å²) in [4.78, 5) is 26.6. The third kappa shape index (κ3) is 4.47. The molecule has 2 heterocycles. The highest BCUT2D eigenvalue weighted by Crippen LogP contribution is 2.34. The van der Waals surface area contributed by atoms with Crippen LogP contribution in [0.3, 0.4) is 0 Å². The highest BCUT2D eigenvalue weighted by atomic mass is 32.2. The molecule has 2 aromatic carbocycles. The zero-order valence-electron chi connectivity index (χ0n) is 18.1. The van der Waals surface area contributed by atoms with Gasteiger partial charge in [-0.3, -0.25) is 9.20 Å². The Labute approximate surface area is 186 Å². The Morgan fingerprint density at radius 2 is 1.94 bits per heavy atom. The van der Waals surface area contributed by atoms with Crippen molar-refractivity contribution in [2.75, 3.05) is 32.6 Å². The van der Waals surface area contributed by atoms with E-state index in [-0.39, 0.29) is 5.91 Å². The highest BCUT2D eigenvalue weighted by molar-refractivity contribution is 7.99. The van der Waals surface area contributed by atoms with Gasteiger partial charge < -0.3 is 9.80 Å². The van der Waals surface area contributed by atoms with E-state index in [9.17, 15) is 4.79 Å². The maximum absolute atomic E-state index is 12.5. The molecule has 0 saturated heterocycles. The van der Waals surface area contributed by atoms with Crippen LogP contribution in [-0.4, -0.2) is 52.9 Å². The molecule has 0 spiro atoms. The molecule has 7 heteroatoms. The van der Waals surface area contributed by atoms with Crippen LogP contribution in [0, 0.1) is 6.92 Å². The number of amides is 1. The molecule has 0 saturated carbocycles. The summed E-state index contributed by atoms with van der Waals surface area (Å²) >= 11 is 1.64. The lowest BCUT2D eigenvalue weighted by Crippen LogP contribution is -2.24. The quantitative estimate of drug-likeness (QED) is 0.423. The standard InChI is InChI=1S/C24H25N5OS/c1-17-8-5-6-9-22(17)31-24-21-15-25-16-29(21)20-14-18(11-12-19(20)26-24)28(4)23(30)10-7-13-27(2)3/h5-12,14-16H,13H2,1-4H3/b10-7+. The number of nitrogens with zero attached hydrogens (tertiary/aromatic N) is 5. The van der Waals surface area contributed by atoms with E-state index >= 15 is 0 Å². The molecule has 0 aliphatic carbocycles. The first kappa shape index (κ1) is 21.1. The Morgan fingerprint density at radius 3 is 2.71 bits per heavy atom. The average molecular weight is 432 g/mol. The lowest BCUT2D eigenvalue weighted by molar-refractivity contribution is -0.113. The van der Waals surface area contributed by atoms with Crippen LogP contribution >= 0.6 is 11.8 Å².